The van der Waals surface area contributed by atoms with Crippen molar-refractivity contribution in [3.8, 4) is 5.88 Å². The first-order valence-corrected chi connectivity index (χ1v) is 6.61. The number of fused-ring (bicyclic) bond motifs is 1. The molecule has 2 rings (SSSR count). The summed E-state index contributed by atoms with van der Waals surface area (Å²) in [5.41, 5.74) is 0.908. The Balaban J connectivity index is 2.52. The summed E-state index contributed by atoms with van der Waals surface area (Å²) in [6.45, 7) is 11.7. The number of halogens is 1. The van der Waals surface area contributed by atoms with Gasteiger partial charge in [-0.1, -0.05) is 0 Å². The summed E-state index contributed by atoms with van der Waals surface area (Å²) in [6.07, 6.45) is 1.78. The van der Waals surface area contributed by atoms with Gasteiger partial charge in [-0.15, -0.1) is 0 Å². The molecule has 1 aromatic rings. The molecule has 0 N–H and O–H groups in total. The van der Waals surface area contributed by atoms with Gasteiger partial charge in [0.25, 0.3) is 0 Å². The van der Waals surface area contributed by atoms with Crippen LogP contribution in [0.25, 0.3) is 0 Å². The molecule has 0 aliphatic carbocycles. The first kappa shape index (κ1) is 12.7. The van der Waals surface area contributed by atoms with Crippen molar-refractivity contribution in [2.75, 3.05) is 11.4 Å². The number of anilines is 1. The summed E-state index contributed by atoms with van der Waals surface area (Å²) in [6, 6.07) is 2.07. The summed E-state index contributed by atoms with van der Waals surface area (Å²) >= 11 is 3.47. The van der Waals surface area contributed by atoms with Gasteiger partial charge in [-0.2, -0.15) is 0 Å². The Labute approximate surface area is 111 Å². The molecule has 0 amide bonds. The van der Waals surface area contributed by atoms with Crippen molar-refractivity contribution in [3.63, 3.8) is 0 Å². The predicted octanol–water partition coefficient (Wildman–Crippen LogP) is 3.62. The predicted molar refractivity (Wildman–Crippen MR) is 73.7 cm³/mol. The fourth-order valence-corrected chi connectivity index (χ4v) is 2.37. The van der Waals surface area contributed by atoms with Crippen LogP contribution in [0.3, 0.4) is 0 Å². The Morgan fingerprint density at radius 3 is 2.65 bits per heavy atom. The maximum Gasteiger partial charge on any atom is 0.238 e. The van der Waals surface area contributed by atoms with Crippen molar-refractivity contribution in [3.05, 3.63) is 16.7 Å². The van der Waals surface area contributed by atoms with Gasteiger partial charge >= 0.3 is 0 Å². The molecule has 1 aliphatic heterocycles. The van der Waals surface area contributed by atoms with Crippen LogP contribution in [0.4, 0.5) is 5.69 Å². The van der Waals surface area contributed by atoms with Crippen molar-refractivity contribution < 1.29 is 4.74 Å². The van der Waals surface area contributed by atoms with Crippen molar-refractivity contribution in [1.82, 2.24) is 4.98 Å². The van der Waals surface area contributed by atoms with Gasteiger partial charge in [0.15, 0.2) is 0 Å². The molecule has 0 atom stereocenters. The average Bonchev–Trinajstić information content (AvgIpc) is 2.15. The van der Waals surface area contributed by atoms with Crippen LogP contribution in [0.5, 0.6) is 5.88 Å². The molecule has 17 heavy (non-hydrogen) atoms. The van der Waals surface area contributed by atoms with Gasteiger partial charge in [-0.05, 0) is 56.6 Å². The highest BCUT2D eigenvalue weighted by Gasteiger charge is 2.37. The Hall–Kier alpha value is -0.770. The molecule has 3 nitrogen and oxygen atoms in total. The highest BCUT2D eigenvalue weighted by Crippen LogP contribution is 2.40. The van der Waals surface area contributed by atoms with E-state index in [0.717, 1.165) is 22.6 Å². The fraction of sp³-hybridized carbons (Fsp3) is 0.615. The molecular formula is C13H19BrN2O. The zero-order chi connectivity index (χ0) is 12.8. The molecule has 1 aliphatic rings. The Morgan fingerprint density at radius 2 is 2.06 bits per heavy atom. The molecule has 0 radical (unpaired) electrons. The zero-order valence-electron chi connectivity index (χ0n) is 11.0. The van der Waals surface area contributed by atoms with Crippen molar-refractivity contribution in [2.24, 2.45) is 0 Å². The molecule has 1 aromatic heterocycles. The molecule has 0 saturated heterocycles. The lowest BCUT2D eigenvalue weighted by atomic mass is 9.98. The summed E-state index contributed by atoms with van der Waals surface area (Å²) < 4.78 is 6.91. The van der Waals surface area contributed by atoms with Crippen molar-refractivity contribution in [1.29, 1.82) is 0 Å². The highest BCUT2D eigenvalue weighted by molar-refractivity contribution is 9.10. The molecule has 94 valence electrons. The summed E-state index contributed by atoms with van der Waals surface area (Å²) in [4.78, 5) is 6.72. The van der Waals surface area contributed by atoms with E-state index in [4.69, 9.17) is 4.74 Å². The minimum Gasteiger partial charge on any atom is -0.468 e. The summed E-state index contributed by atoms with van der Waals surface area (Å²) in [5.74, 6) is 0.722. The van der Waals surface area contributed by atoms with Gasteiger partial charge in [0.05, 0.1) is 6.54 Å². The van der Waals surface area contributed by atoms with E-state index < -0.39 is 0 Å². The lowest BCUT2D eigenvalue weighted by Crippen LogP contribution is -2.54. The van der Waals surface area contributed by atoms with E-state index >= 15 is 0 Å². The van der Waals surface area contributed by atoms with Gasteiger partial charge in [-0.3, -0.25) is 0 Å². The Kier molecular flexibility index (Phi) is 2.89. The standard InChI is InChI=1S/C13H19BrN2O/c1-12(2,3)16-8-13(4,5)17-11-10(16)6-9(14)7-15-11/h6-7H,8H2,1-5H3. The fourth-order valence-electron chi connectivity index (χ4n) is 2.05. The van der Waals surface area contributed by atoms with Crippen LogP contribution in [-0.4, -0.2) is 22.7 Å². The third kappa shape index (κ3) is 2.57. The molecule has 0 aromatic carbocycles. The molecule has 0 fully saturated rings. The van der Waals surface area contributed by atoms with Crippen LogP contribution < -0.4 is 9.64 Å². The molecule has 4 heteroatoms. The Bertz CT molecular complexity index is 438. The van der Waals surface area contributed by atoms with Crippen LogP contribution in [0.2, 0.25) is 0 Å². The van der Waals surface area contributed by atoms with Gasteiger partial charge < -0.3 is 9.64 Å². The number of nitrogens with zero attached hydrogens (tertiary/aromatic N) is 2. The molecule has 0 saturated carbocycles. The topological polar surface area (TPSA) is 25.4 Å². The van der Waals surface area contributed by atoms with Crippen molar-refractivity contribution >= 4 is 21.6 Å². The minimum absolute atomic E-state index is 0.0538. The first-order chi connectivity index (χ1) is 7.69. The molecular weight excluding hydrogens is 280 g/mol. The third-order valence-electron chi connectivity index (χ3n) is 2.81. The van der Waals surface area contributed by atoms with E-state index in [9.17, 15) is 0 Å². The smallest absolute Gasteiger partial charge is 0.238 e. The van der Waals surface area contributed by atoms with E-state index in [2.05, 4.69) is 66.5 Å². The average molecular weight is 299 g/mol. The van der Waals surface area contributed by atoms with Gasteiger partial charge in [-0.25, -0.2) is 4.98 Å². The molecule has 0 unspecified atom stereocenters. The van der Waals surface area contributed by atoms with Crippen LogP contribution >= 0.6 is 15.9 Å². The van der Waals surface area contributed by atoms with E-state index in [1.807, 2.05) is 0 Å². The van der Waals surface area contributed by atoms with E-state index in [1.165, 1.54) is 0 Å². The number of ether oxygens (including phenoxy) is 1. The lowest BCUT2D eigenvalue weighted by Gasteiger charge is -2.46. The quantitative estimate of drug-likeness (QED) is 0.731. The number of hydrogen-bond donors (Lipinski definition) is 0. The Morgan fingerprint density at radius 1 is 1.41 bits per heavy atom. The molecule has 2 heterocycles. The normalized spacial score (nSPS) is 18.6. The van der Waals surface area contributed by atoms with Crippen LogP contribution in [0, 0.1) is 0 Å². The summed E-state index contributed by atoms with van der Waals surface area (Å²) in [5, 5.41) is 0. The number of aromatic nitrogens is 1. The first-order valence-electron chi connectivity index (χ1n) is 5.81. The van der Waals surface area contributed by atoms with Gasteiger partial charge in [0.1, 0.15) is 11.3 Å². The largest absolute Gasteiger partial charge is 0.468 e. The lowest BCUT2D eigenvalue weighted by molar-refractivity contribution is 0.0914. The second-order valence-corrected chi connectivity index (χ2v) is 7.01. The third-order valence-corrected chi connectivity index (χ3v) is 3.24. The second-order valence-electron chi connectivity index (χ2n) is 6.10. The number of rotatable bonds is 0. The second kappa shape index (κ2) is 3.87. The van der Waals surface area contributed by atoms with Crippen LogP contribution in [0.1, 0.15) is 34.6 Å². The summed E-state index contributed by atoms with van der Waals surface area (Å²) in [7, 11) is 0. The maximum atomic E-state index is 5.93. The van der Waals surface area contributed by atoms with E-state index in [0.29, 0.717) is 0 Å². The van der Waals surface area contributed by atoms with Crippen molar-refractivity contribution in [2.45, 2.75) is 45.8 Å². The van der Waals surface area contributed by atoms with E-state index in [-0.39, 0.29) is 11.1 Å². The maximum absolute atomic E-state index is 5.93. The highest BCUT2D eigenvalue weighted by atomic mass is 79.9. The molecule has 0 bridgehead atoms. The zero-order valence-corrected chi connectivity index (χ0v) is 12.6. The number of pyridine rings is 1. The van der Waals surface area contributed by atoms with Crippen LogP contribution in [-0.2, 0) is 0 Å². The van der Waals surface area contributed by atoms with Gasteiger partial charge in [0.2, 0.25) is 5.88 Å². The van der Waals surface area contributed by atoms with Gasteiger partial charge in [0, 0.05) is 16.2 Å². The minimum atomic E-state index is -0.207. The van der Waals surface area contributed by atoms with E-state index in [1.54, 1.807) is 6.20 Å². The SMILES string of the molecule is CC1(C)CN(C(C)(C)C)c2cc(Br)cnc2O1. The van der Waals surface area contributed by atoms with Crippen LogP contribution in [0.15, 0.2) is 16.7 Å². The number of hydrogen-bond acceptors (Lipinski definition) is 3. The molecule has 0 spiro atoms. The monoisotopic (exact) mass is 298 g/mol.